The van der Waals surface area contributed by atoms with Crippen LogP contribution >= 0.6 is 0 Å². The molecule has 1 heterocycles. The number of hydrogen-bond acceptors (Lipinski definition) is 2. The molecule has 78 valence electrons. The van der Waals surface area contributed by atoms with Crippen molar-refractivity contribution in [3.8, 4) is 0 Å². The van der Waals surface area contributed by atoms with Gasteiger partial charge in [0.15, 0.2) is 0 Å². The smallest absolute Gasteiger partial charge is 0.00105 e. The maximum absolute atomic E-state index is 5.75. The summed E-state index contributed by atoms with van der Waals surface area (Å²) in [6.45, 7) is 8.29. The second-order valence-electron chi connectivity index (χ2n) is 4.51. The second-order valence-corrected chi connectivity index (χ2v) is 4.51. The van der Waals surface area contributed by atoms with Crippen molar-refractivity contribution < 1.29 is 0 Å². The molecule has 1 rings (SSSR count). The van der Waals surface area contributed by atoms with Crippen LogP contribution in [0, 0.1) is 5.92 Å². The van der Waals surface area contributed by atoms with Crippen molar-refractivity contribution in [3.63, 3.8) is 0 Å². The van der Waals surface area contributed by atoms with E-state index in [1.54, 1.807) is 0 Å². The predicted octanol–water partition coefficient (Wildman–Crippen LogP) is 1.85. The molecule has 1 saturated heterocycles. The first-order valence-corrected chi connectivity index (χ1v) is 5.70. The van der Waals surface area contributed by atoms with Crippen molar-refractivity contribution in [2.75, 3.05) is 19.6 Å². The fraction of sp³-hybridized carbons (Fsp3) is 1.00. The van der Waals surface area contributed by atoms with Gasteiger partial charge in [-0.3, -0.25) is 0 Å². The van der Waals surface area contributed by atoms with E-state index < -0.39 is 0 Å². The summed E-state index contributed by atoms with van der Waals surface area (Å²) in [6.07, 6.45) is 5.22. The number of nitrogens with two attached hydrogens (primary N) is 1. The first-order chi connectivity index (χ1) is 6.22. The number of rotatable bonds is 5. The highest BCUT2D eigenvalue weighted by molar-refractivity contribution is 4.75. The SMILES string of the molecule is CCCN1CCC(CCC(C)N)C1. The third-order valence-corrected chi connectivity index (χ3v) is 2.94. The molecule has 0 aromatic rings. The number of likely N-dealkylation sites (tertiary alicyclic amines) is 1. The van der Waals surface area contributed by atoms with Crippen LogP contribution in [-0.4, -0.2) is 30.6 Å². The first kappa shape index (κ1) is 11.0. The van der Waals surface area contributed by atoms with Gasteiger partial charge in [0.05, 0.1) is 0 Å². The lowest BCUT2D eigenvalue weighted by molar-refractivity contribution is 0.318. The summed E-state index contributed by atoms with van der Waals surface area (Å²) in [5.74, 6) is 0.928. The van der Waals surface area contributed by atoms with Crippen LogP contribution in [0.1, 0.15) is 39.5 Å². The maximum atomic E-state index is 5.75. The minimum absolute atomic E-state index is 0.389. The zero-order chi connectivity index (χ0) is 9.68. The summed E-state index contributed by atoms with van der Waals surface area (Å²) < 4.78 is 0. The highest BCUT2D eigenvalue weighted by atomic mass is 15.1. The normalized spacial score (nSPS) is 26.5. The van der Waals surface area contributed by atoms with Gasteiger partial charge in [-0.25, -0.2) is 0 Å². The van der Waals surface area contributed by atoms with Crippen LogP contribution < -0.4 is 5.73 Å². The molecule has 0 aromatic heterocycles. The number of nitrogens with zero attached hydrogens (tertiary/aromatic N) is 1. The van der Waals surface area contributed by atoms with Crippen LogP contribution in [0.15, 0.2) is 0 Å². The van der Waals surface area contributed by atoms with Gasteiger partial charge in [-0.05, 0) is 51.6 Å². The van der Waals surface area contributed by atoms with Gasteiger partial charge in [0.1, 0.15) is 0 Å². The molecule has 1 aliphatic heterocycles. The van der Waals surface area contributed by atoms with Crippen LogP contribution in [0.5, 0.6) is 0 Å². The van der Waals surface area contributed by atoms with E-state index in [4.69, 9.17) is 5.73 Å². The fourth-order valence-corrected chi connectivity index (χ4v) is 2.17. The van der Waals surface area contributed by atoms with Gasteiger partial charge >= 0.3 is 0 Å². The molecular formula is C11H24N2. The average molecular weight is 184 g/mol. The van der Waals surface area contributed by atoms with Crippen molar-refractivity contribution in [2.45, 2.75) is 45.6 Å². The molecule has 0 saturated carbocycles. The molecule has 0 spiro atoms. The average Bonchev–Trinajstić information content (AvgIpc) is 2.50. The van der Waals surface area contributed by atoms with Gasteiger partial charge in [-0.2, -0.15) is 0 Å². The van der Waals surface area contributed by atoms with E-state index >= 15 is 0 Å². The van der Waals surface area contributed by atoms with Gasteiger partial charge < -0.3 is 10.6 Å². The van der Waals surface area contributed by atoms with E-state index in [2.05, 4.69) is 18.7 Å². The van der Waals surface area contributed by atoms with Gasteiger partial charge in [0.25, 0.3) is 0 Å². The Morgan fingerprint density at radius 2 is 2.31 bits per heavy atom. The minimum atomic E-state index is 0.389. The van der Waals surface area contributed by atoms with Crippen molar-refractivity contribution >= 4 is 0 Å². The molecule has 0 amide bonds. The van der Waals surface area contributed by atoms with Gasteiger partial charge in [-0.15, -0.1) is 0 Å². The molecular weight excluding hydrogens is 160 g/mol. The molecule has 2 N–H and O–H groups in total. The molecule has 13 heavy (non-hydrogen) atoms. The molecule has 0 bridgehead atoms. The van der Waals surface area contributed by atoms with Crippen LogP contribution in [0.2, 0.25) is 0 Å². The topological polar surface area (TPSA) is 29.3 Å². The third-order valence-electron chi connectivity index (χ3n) is 2.94. The van der Waals surface area contributed by atoms with Crippen LogP contribution in [0.4, 0.5) is 0 Å². The number of hydrogen-bond donors (Lipinski definition) is 1. The van der Waals surface area contributed by atoms with E-state index in [0.29, 0.717) is 6.04 Å². The minimum Gasteiger partial charge on any atom is -0.328 e. The zero-order valence-electron chi connectivity index (χ0n) is 9.13. The molecule has 1 aliphatic rings. The van der Waals surface area contributed by atoms with Crippen LogP contribution in [-0.2, 0) is 0 Å². The summed E-state index contributed by atoms with van der Waals surface area (Å²) in [5, 5.41) is 0. The van der Waals surface area contributed by atoms with E-state index in [9.17, 15) is 0 Å². The Morgan fingerprint density at radius 1 is 1.54 bits per heavy atom. The van der Waals surface area contributed by atoms with Gasteiger partial charge in [0, 0.05) is 12.6 Å². The molecule has 2 nitrogen and oxygen atoms in total. The monoisotopic (exact) mass is 184 g/mol. The summed E-state index contributed by atoms with van der Waals surface area (Å²) in [5.41, 5.74) is 5.75. The van der Waals surface area contributed by atoms with E-state index in [-0.39, 0.29) is 0 Å². The Bertz CT molecular complexity index is 134. The Labute approximate surface area is 82.5 Å². The maximum Gasteiger partial charge on any atom is 0.00105 e. The largest absolute Gasteiger partial charge is 0.328 e. The summed E-state index contributed by atoms with van der Waals surface area (Å²) >= 11 is 0. The molecule has 2 atom stereocenters. The standard InChI is InChI=1S/C11H24N2/c1-3-7-13-8-6-11(9-13)5-4-10(2)12/h10-11H,3-9,12H2,1-2H3. The second kappa shape index (κ2) is 5.61. The van der Waals surface area contributed by atoms with Crippen molar-refractivity contribution in [1.82, 2.24) is 4.90 Å². The van der Waals surface area contributed by atoms with E-state index in [1.165, 1.54) is 45.3 Å². The third kappa shape index (κ3) is 4.10. The Balaban J connectivity index is 2.10. The van der Waals surface area contributed by atoms with E-state index in [0.717, 1.165) is 5.92 Å². The molecule has 2 heteroatoms. The molecule has 0 radical (unpaired) electrons. The summed E-state index contributed by atoms with van der Waals surface area (Å²) in [4.78, 5) is 2.59. The summed E-state index contributed by atoms with van der Waals surface area (Å²) in [7, 11) is 0. The Hall–Kier alpha value is -0.0800. The summed E-state index contributed by atoms with van der Waals surface area (Å²) in [6, 6.07) is 0.389. The van der Waals surface area contributed by atoms with Crippen LogP contribution in [0.3, 0.4) is 0 Å². The van der Waals surface area contributed by atoms with Crippen LogP contribution in [0.25, 0.3) is 0 Å². The lowest BCUT2D eigenvalue weighted by atomic mass is 10.0. The van der Waals surface area contributed by atoms with Crippen molar-refractivity contribution in [1.29, 1.82) is 0 Å². The van der Waals surface area contributed by atoms with E-state index in [1.807, 2.05) is 0 Å². The molecule has 2 unspecified atom stereocenters. The Morgan fingerprint density at radius 3 is 2.92 bits per heavy atom. The molecule has 0 aliphatic carbocycles. The van der Waals surface area contributed by atoms with Crippen molar-refractivity contribution in [2.24, 2.45) is 11.7 Å². The quantitative estimate of drug-likeness (QED) is 0.706. The van der Waals surface area contributed by atoms with Crippen molar-refractivity contribution in [3.05, 3.63) is 0 Å². The lowest BCUT2D eigenvalue weighted by Crippen LogP contribution is -2.22. The zero-order valence-corrected chi connectivity index (χ0v) is 9.13. The van der Waals surface area contributed by atoms with Gasteiger partial charge in [-0.1, -0.05) is 6.92 Å². The molecule has 1 fully saturated rings. The highest BCUT2D eigenvalue weighted by Crippen LogP contribution is 2.21. The molecule has 0 aromatic carbocycles. The lowest BCUT2D eigenvalue weighted by Gasteiger charge is -2.15. The van der Waals surface area contributed by atoms with Gasteiger partial charge in [0.2, 0.25) is 0 Å². The fourth-order valence-electron chi connectivity index (χ4n) is 2.17. The first-order valence-electron chi connectivity index (χ1n) is 5.70. The highest BCUT2D eigenvalue weighted by Gasteiger charge is 2.21. The Kier molecular flexibility index (Phi) is 4.74. The predicted molar refractivity (Wildman–Crippen MR) is 57.7 cm³/mol.